The van der Waals surface area contributed by atoms with Crippen molar-refractivity contribution in [2.24, 2.45) is 0 Å². The summed E-state index contributed by atoms with van der Waals surface area (Å²) in [5.41, 5.74) is 2.30. The summed E-state index contributed by atoms with van der Waals surface area (Å²) in [6, 6.07) is 7.46. The number of aryl methyl sites for hydroxylation is 1. The SMILES string of the molecule is CCc1ccc(C2NCCNC2C(=O)O)cc1. The summed E-state index contributed by atoms with van der Waals surface area (Å²) < 4.78 is 0. The van der Waals surface area contributed by atoms with Crippen LogP contribution >= 0.6 is 0 Å². The lowest BCUT2D eigenvalue weighted by Gasteiger charge is -2.31. The molecule has 2 rings (SSSR count). The maximum Gasteiger partial charge on any atom is 0.322 e. The van der Waals surface area contributed by atoms with Gasteiger partial charge in [-0.2, -0.15) is 0 Å². The van der Waals surface area contributed by atoms with Crippen LogP contribution in [0.15, 0.2) is 24.3 Å². The van der Waals surface area contributed by atoms with Gasteiger partial charge in [0.15, 0.2) is 0 Å². The number of carboxylic acids is 1. The number of rotatable bonds is 3. The Bertz CT molecular complexity index is 389. The maximum atomic E-state index is 11.2. The number of carboxylic acid groups (broad SMARTS) is 1. The third kappa shape index (κ3) is 2.65. The van der Waals surface area contributed by atoms with E-state index in [1.807, 2.05) is 12.1 Å². The molecule has 1 aromatic carbocycles. The van der Waals surface area contributed by atoms with Crippen molar-refractivity contribution in [2.75, 3.05) is 13.1 Å². The predicted octanol–water partition coefficient (Wildman–Crippen LogP) is 0.936. The molecule has 0 aromatic heterocycles. The van der Waals surface area contributed by atoms with Gasteiger partial charge in [0.1, 0.15) is 6.04 Å². The van der Waals surface area contributed by atoms with Crippen molar-refractivity contribution in [1.82, 2.24) is 10.6 Å². The Morgan fingerprint density at radius 1 is 1.29 bits per heavy atom. The van der Waals surface area contributed by atoms with Crippen molar-refractivity contribution in [3.05, 3.63) is 35.4 Å². The smallest absolute Gasteiger partial charge is 0.322 e. The summed E-state index contributed by atoms with van der Waals surface area (Å²) in [7, 11) is 0. The molecule has 1 heterocycles. The van der Waals surface area contributed by atoms with E-state index >= 15 is 0 Å². The number of aliphatic carboxylic acids is 1. The van der Waals surface area contributed by atoms with Gasteiger partial charge in [-0.15, -0.1) is 0 Å². The van der Waals surface area contributed by atoms with Crippen LogP contribution in [0.2, 0.25) is 0 Å². The van der Waals surface area contributed by atoms with E-state index < -0.39 is 12.0 Å². The minimum absolute atomic E-state index is 0.146. The third-order valence-electron chi connectivity index (χ3n) is 3.20. The van der Waals surface area contributed by atoms with Gasteiger partial charge in [0.2, 0.25) is 0 Å². The number of benzene rings is 1. The highest BCUT2D eigenvalue weighted by Crippen LogP contribution is 2.20. The van der Waals surface area contributed by atoms with Crippen molar-refractivity contribution in [1.29, 1.82) is 0 Å². The molecular weight excluding hydrogens is 216 g/mol. The molecule has 1 aliphatic heterocycles. The average Bonchev–Trinajstić information content (AvgIpc) is 2.39. The Morgan fingerprint density at radius 2 is 1.94 bits per heavy atom. The summed E-state index contributed by atoms with van der Waals surface area (Å²) in [4.78, 5) is 11.2. The molecule has 4 heteroatoms. The minimum Gasteiger partial charge on any atom is -0.480 e. The molecule has 1 aromatic rings. The fourth-order valence-electron chi connectivity index (χ4n) is 2.19. The first-order valence-corrected chi connectivity index (χ1v) is 6.00. The average molecular weight is 234 g/mol. The summed E-state index contributed by atoms with van der Waals surface area (Å²) in [6.45, 7) is 3.60. The molecule has 0 spiro atoms. The normalized spacial score (nSPS) is 24.5. The van der Waals surface area contributed by atoms with Crippen LogP contribution in [-0.4, -0.2) is 30.2 Å². The van der Waals surface area contributed by atoms with E-state index in [4.69, 9.17) is 5.11 Å². The fraction of sp³-hybridized carbons (Fsp3) is 0.462. The van der Waals surface area contributed by atoms with E-state index in [2.05, 4.69) is 29.7 Å². The Balaban J connectivity index is 2.20. The summed E-state index contributed by atoms with van der Waals surface area (Å²) >= 11 is 0. The molecule has 2 unspecified atom stereocenters. The van der Waals surface area contributed by atoms with Crippen LogP contribution in [0, 0.1) is 0 Å². The van der Waals surface area contributed by atoms with Crippen molar-refractivity contribution in [2.45, 2.75) is 25.4 Å². The highest BCUT2D eigenvalue weighted by atomic mass is 16.4. The molecule has 0 saturated carbocycles. The zero-order chi connectivity index (χ0) is 12.3. The molecule has 0 aliphatic carbocycles. The van der Waals surface area contributed by atoms with Crippen LogP contribution in [-0.2, 0) is 11.2 Å². The lowest BCUT2D eigenvalue weighted by atomic mass is 9.96. The quantitative estimate of drug-likeness (QED) is 0.728. The van der Waals surface area contributed by atoms with Crippen molar-refractivity contribution < 1.29 is 9.90 Å². The van der Waals surface area contributed by atoms with Crippen LogP contribution in [0.1, 0.15) is 24.1 Å². The lowest BCUT2D eigenvalue weighted by molar-refractivity contribution is -0.140. The second-order valence-electron chi connectivity index (χ2n) is 4.30. The first-order valence-electron chi connectivity index (χ1n) is 6.00. The molecule has 0 bridgehead atoms. The zero-order valence-electron chi connectivity index (χ0n) is 9.94. The van der Waals surface area contributed by atoms with Gasteiger partial charge in [-0.05, 0) is 17.5 Å². The predicted molar refractivity (Wildman–Crippen MR) is 66.0 cm³/mol. The lowest BCUT2D eigenvalue weighted by Crippen LogP contribution is -2.54. The number of carbonyl (C=O) groups is 1. The van der Waals surface area contributed by atoms with Gasteiger partial charge in [0.05, 0.1) is 6.04 Å². The van der Waals surface area contributed by atoms with Crippen LogP contribution in [0.3, 0.4) is 0 Å². The summed E-state index contributed by atoms with van der Waals surface area (Å²) in [5, 5.41) is 15.5. The second kappa shape index (κ2) is 5.29. The van der Waals surface area contributed by atoms with E-state index in [9.17, 15) is 4.79 Å². The number of hydrogen-bond donors (Lipinski definition) is 3. The van der Waals surface area contributed by atoms with Gasteiger partial charge in [-0.1, -0.05) is 31.2 Å². The molecule has 1 aliphatic rings. The first-order chi connectivity index (χ1) is 8.22. The molecule has 92 valence electrons. The molecule has 0 amide bonds. The van der Waals surface area contributed by atoms with Gasteiger partial charge < -0.3 is 15.7 Å². The maximum absolute atomic E-state index is 11.2. The summed E-state index contributed by atoms with van der Waals surface area (Å²) in [5.74, 6) is -0.804. The third-order valence-corrected chi connectivity index (χ3v) is 3.20. The number of piperazine rings is 1. The highest BCUT2D eigenvalue weighted by Gasteiger charge is 2.31. The Kier molecular flexibility index (Phi) is 3.76. The van der Waals surface area contributed by atoms with Gasteiger partial charge in [0.25, 0.3) is 0 Å². The van der Waals surface area contributed by atoms with Crippen molar-refractivity contribution in [3.8, 4) is 0 Å². The molecule has 17 heavy (non-hydrogen) atoms. The second-order valence-corrected chi connectivity index (χ2v) is 4.30. The zero-order valence-corrected chi connectivity index (χ0v) is 9.94. The molecule has 0 radical (unpaired) electrons. The Hall–Kier alpha value is -1.39. The summed E-state index contributed by atoms with van der Waals surface area (Å²) in [6.07, 6.45) is 0.999. The van der Waals surface area contributed by atoms with Gasteiger partial charge in [-0.25, -0.2) is 0 Å². The molecule has 4 nitrogen and oxygen atoms in total. The fourth-order valence-corrected chi connectivity index (χ4v) is 2.19. The van der Waals surface area contributed by atoms with Crippen LogP contribution in [0.5, 0.6) is 0 Å². The Labute approximate surface area is 101 Å². The number of hydrogen-bond acceptors (Lipinski definition) is 3. The Morgan fingerprint density at radius 3 is 2.53 bits per heavy atom. The largest absolute Gasteiger partial charge is 0.480 e. The van der Waals surface area contributed by atoms with E-state index in [1.165, 1.54) is 5.56 Å². The van der Waals surface area contributed by atoms with E-state index in [-0.39, 0.29) is 6.04 Å². The van der Waals surface area contributed by atoms with E-state index in [0.717, 1.165) is 18.5 Å². The van der Waals surface area contributed by atoms with Crippen LogP contribution in [0.4, 0.5) is 0 Å². The molecule has 3 N–H and O–H groups in total. The van der Waals surface area contributed by atoms with Gasteiger partial charge in [0, 0.05) is 13.1 Å². The van der Waals surface area contributed by atoms with Crippen molar-refractivity contribution >= 4 is 5.97 Å². The van der Waals surface area contributed by atoms with Crippen LogP contribution in [0.25, 0.3) is 0 Å². The van der Waals surface area contributed by atoms with Crippen LogP contribution < -0.4 is 10.6 Å². The molecule has 1 fully saturated rings. The van der Waals surface area contributed by atoms with E-state index in [1.54, 1.807) is 0 Å². The number of nitrogens with one attached hydrogen (secondary N) is 2. The topological polar surface area (TPSA) is 61.4 Å². The van der Waals surface area contributed by atoms with Gasteiger partial charge in [-0.3, -0.25) is 4.79 Å². The van der Waals surface area contributed by atoms with Crippen molar-refractivity contribution in [3.63, 3.8) is 0 Å². The highest BCUT2D eigenvalue weighted by molar-refractivity contribution is 5.75. The standard InChI is InChI=1S/C13H18N2O2/c1-2-9-3-5-10(6-4-9)11-12(13(16)17)15-8-7-14-11/h3-6,11-12,14-15H,2,7-8H2,1H3,(H,16,17). The minimum atomic E-state index is -0.804. The molecular formula is C13H18N2O2. The molecule has 1 saturated heterocycles. The first kappa shape index (κ1) is 12.1. The van der Waals surface area contributed by atoms with Gasteiger partial charge >= 0.3 is 5.97 Å². The van der Waals surface area contributed by atoms with E-state index in [0.29, 0.717) is 6.54 Å². The molecule has 2 atom stereocenters. The monoisotopic (exact) mass is 234 g/mol.